The predicted molar refractivity (Wildman–Crippen MR) is 114 cm³/mol. The summed E-state index contributed by atoms with van der Waals surface area (Å²) in [7, 11) is 1.81. The summed E-state index contributed by atoms with van der Waals surface area (Å²) in [5, 5.41) is 18.2. The van der Waals surface area contributed by atoms with Crippen LogP contribution in [-0.4, -0.2) is 35.2 Å². The Morgan fingerprint density at radius 2 is 1.88 bits per heavy atom. The number of halogens is 3. The maximum absolute atomic E-state index is 13.0. The SMILES string of the molecule is Cn1cc2c3cc(C4CC(n5ccnn5)=NO4)ccc3n(-c3ccc(C(F)(F)F)cc3)c2n1. The molecule has 0 amide bonds. The number of hydrogen-bond donors (Lipinski definition) is 0. The highest BCUT2D eigenvalue weighted by Gasteiger charge is 2.30. The van der Waals surface area contributed by atoms with Crippen LogP contribution in [0.3, 0.4) is 0 Å². The number of hydrogen-bond acceptors (Lipinski definition) is 5. The summed E-state index contributed by atoms with van der Waals surface area (Å²) in [6, 6.07) is 11.0. The summed E-state index contributed by atoms with van der Waals surface area (Å²) in [4.78, 5) is 5.64. The number of fused-ring (bicyclic) bond motifs is 3. The second kappa shape index (κ2) is 6.92. The molecule has 8 nitrogen and oxygen atoms in total. The zero-order valence-electron chi connectivity index (χ0n) is 17.2. The van der Waals surface area contributed by atoms with E-state index in [0.717, 1.165) is 34.0 Å². The minimum Gasteiger partial charge on any atom is -0.386 e. The lowest BCUT2D eigenvalue weighted by Gasteiger charge is -2.11. The van der Waals surface area contributed by atoms with Gasteiger partial charge in [0.25, 0.3) is 0 Å². The Balaban J connectivity index is 1.43. The van der Waals surface area contributed by atoms with E-state index < -0.39 is 11.7 Å². The molecule has 0 spiro atoms. The van der Waals surface area contributed by atoms with Gasteiger partial charge in [0.15, 0.2) is 17.6 Å². The lowest BCUT2D eigenvalue weighted by atomic mass is 10.0. The molecular formula is C22H16F3N7O. The van der Waals surface area contributed by atoms with Crippen LogP contribution >= 0.6 is 0 Å². The molecule has 2 aromatic carbocycles. The first-order chi connectivity index (χ1) is 15.9. The second-order valence-electron chi connectivity index (χ2n) is 7.85. The molecule has 0 bridgehead atoms. The molecular weight excluding hydrogens is 435 g/mol. The molecule has 6 rings (SSSR count). The van der Waals surface area contributed by atoms with Crippen LogP contribution in [0.1, 0.15) is 23.7 Å². The van der Waals surface area contributed by atoms with Crippen LogP contribution in [0.2, 0.25) is 0 Å². The highest BCUT2D eigenvalue weighted by atomic mass is 19.4. The largest absolute Gasteiger partial charge is 0.416 e. The van der Waals surface area contributed by atoms with E-state index in [1.54, 1.807) is 21.8 Å². The molecule has 0 radical (unpaired) electrons. The molecule has 0 N–H and O–H groups in total. The van der Waals surface area contributed by atoms with Gasteiger partial charge in [-0.15, -0.1) is 5.10 Å². The normalized spacial score (nSPS) is 16.5. The molecule has 1 aliphatic heterocycles. The number of oxime groups is 1. The summed E-state index contributed by atoms with van der Waals surface area (Å²) in [6.07, 6.45) is 1.04. The van der Waals surface area contributed by atoms with Gasteiger partial charge in [-0.3, -0.25) is 9.25 Å². The van der Waals surface area contributed by atoms with Gasteiger partial charge >= 0.3 is 6.18 Å². The van der Waals surface area contributed by atoms with Crippen molar-refractivity contribution in [1.29, 1.82) is 0 Å². The topological polar surface area (TPSA) is 75.1 Å². The molecule has 0 saturated heterocycles. The fraction of sp³-hybridized carbons (Fsp3) is 0.182. The van der Waals surface area contributed by atoms with Gasteiger partial charge < -0.3 is 4.84 Å². The van der Waals surface area contributed by atoms with Crippen molar-refractivity contribution in [2.24, 2.45) is 12.2 Å². The average molecular weight is 451 g/mol. The number of benzene rings is 2. The zero-order valence-corrected chi connectivity index (χ0v) is 17.2. The van der Waals surface area contributed by atoms with Crippen molar-refractivity contribution in [2.75, 3.05) is 0 Å². The minimum absolute atomic E-state index is 0.283. The standard InChI is InChI=1S/C22H16F3N7O/c1-30-12-17-16-10-13(19-11-20(28-33-19)31-9-8-26-29-31)2-7-18(16)32(21(17)27-30)15-5-3-14(4-6-15)22(23,24)25/h2-10,12,19H,11H2,1H3. The monoisotopic (exact) mass is 451 g/mol. The van der Waals surface area contributed by atoms with Crippen LogP contribution in [0.25, 0.3) is 27.6 Å². The summed E-state index contributed by atoms with van der Waals surface area (Å²) < 4.78 is 44.2. The van der Waals surface area contributed by atoms with Crippen LogP contribution in [0.15, 0.2) is 66.2 Å². The first kappa shape index (κ1) is 19.5. The van der Waals surface area contributed by atoms with E-state index in [2.05, 4.69) is 20.6 Å². The fourth-order valence-corrected chi connectivity index (χ4v) is 4.20. The van der Waals surface area contributed by atoms with Gasteiger partial charge in [0.2, 0.25) is 0 Å². The number of aryl methyl sites for hydroxylation is 1. The second-order valence-corrected chi connectivity index (χ2v) is 7.85. The summed E-state index contributed by atoms with van der Waals surface area (Å²) >= 11 is 0. The Morgan fingerprint density at radius 3 is 2.61 bits per heavy atom. The van der Waals surface area contributed by atoms with Gasteiger partial charge in [0, 0.05) is 29.7 Å². The molecule has 0 fully saturated rings. The first-order valence-corrected chi connectivity index (χ1v) is 10.1. The minimum atomic E-state index is -4.39. The highest BCUT2D eigenvalue weighted by Crippen LogP contribution is 2.36. The predicted octanol–water partition coefficient (Wildman–Crippen LogP) is 4.45. The van der Waals surface area contributed by atoms with E-state index in [1.807, 2.05) is 36.0 Å². The van der Waals surface area contributed by atoms with Gasteiger partial charge in [0.1, 0.15) is 0 Å². The molecule has 4 heterocycles. The molecule has 0 saturated carbocycles. The van der Waals surface area contributed by atoms with E-state index in [-0.39, 0.29) is 6.10 Å². The maximum Gasteiger partial charge on any atom is 0.416 e. The molecule has 166 valence electrons. The maximum atomic E-state index is 13.0. The highest BCUT2D eigenvalue weighted by molar-refractivity contribution is 6.08. The Morgan fingerprint density at radius 1 is 1.06 bits per heavy atom. The molecule has 33 heavy (non-hydrogen) atoms. The third kappa shape index (κ3) is 3.15. The molecule has 11 heteroatoms. The lowest BCUT2D eigenvalue weighted by molar-refractivity contribution is -0.137. The van der Waals surface area contributed by atoms with E-state index in [0.29, 0.717) is 23.6 Å². The smallest absolute Gasteiger partial charge is 0.386 e. The van der Waals surface area contributed by atoms with Gasteiger partial charge in [-0.2, -0.15) is 18.3 Å². The molecule has 5 aromatic rings. The quantitative estimate of drug-likeness (QED) is 0.398. The van der Waals surface area contributed by atoms with Crippen molar-refractivity contribution >= 4 is 27.8 Å². The number of aromatic nitrogens is 6. The van der Waals surface area contributed by atoms with Crippen molar-refractivity contribution in [1.82, 2.24) is 29.3 Å². The summed E-state index contributed by atoms with van der Waals surface area (Å²) in [6.45, 7) is 0. The van der Waals surface area contributed by atoms with E-state index in [4.69, 9.17) is 4.84 Å². The Labute approximate surface area is 184 Å². The number of nitrogens with zero attached hydrogens (tertiary/aromatic N) is 7. The van der Waals surface area contributed by atoms with Crippen molar-refractivity contribution in [3.8, 4) is 5.69 Å². The molecule has 3 aromatic heterocycles. The zero-order chi connectivity index (χ0) is 22.7. The van der Waals surface area contributed by atoms with Crippen molar-refractivity contribution < 1.29 is 18.0 Å². The van der Waals surface area contributed by atoms with Crippen molar-refractivity contribution in [2.45, 2.75) is 18.7 Å². The Kier molecular flexibility index (Phi) is 4.10. The Bertz CT molecular complexity index is 1510. The van der Waals surface area contributed by atoms with E-state index >= 15 is 0 Å². The van der Waals surface area contributed by atoms with Crippen LogP contribution in [0.4, 0.5) is 13.2 Å². The molecule has 0 aliphatic carbocycles. The summed E-state index contributed by atoms with van der Waals surface area (Å²) in [5.74, 6) is 0.659. The van der Waals surface area contributed by atoms with Crippen LogP contribution in [0, 0.1) is 0 Å². The lowest BCUT2D eigenvalue weighted by Crippen LogP contribution is -2.11. The van der Waals surface area contributed by atoms with Crippen LogP contribution < -0.4 is 0 Å². The fourth-order valence-electron chi connectivity index (χ4n) is 4.20. The van der Waals surface area contributed by atoms with Gasteiger partial charge in [-0.25, -0.2) is 4.68 Å². The summed E-state index contributed by atoms with van der Waals surface area (Å²) in [5.41, 5.74) is 2.34. The van der Waals surface area contributed by atoms with Crippen molar-refractivity contribution in [3.63, 3.8) is 0 Å². The molecule has 1 unspecified atom stereocenters. The van der Waals surface area contributed by atoms with Crippen LogP contribution in [-0.2, 0) is 18.1 Å². The molecule has 1 aliphatic rings. The Hall–Kier alpha value is -4.15. The van der Waals surface area contributed by atoms with Gasteiger partial charge in [-0.05, 0) is 42.0 Å². The van der Waals surface area contributed by atoms with Gasteiger partial charge in [0.05, 0.1) is 29.9 Å². The number of alkyl halides is 3. The molecule has 1 atom stereocenters. The number of rotatable bonds is 2. The average Bonchev–Trinajstić information content (AvgIpc) is 3.57. The first-order valence-electron chi connectivity index (χ1n) is 10.1. The van der Waals surface area contributed by atoms with Gasteiger partial charge in [-0.1, -0.05) is 16.4 Å². The van der Waals surface area contributed by atoms with E-state index in [1.165, 1.54) is 12.1 Å². The third-order valence-corrected chi connectivity index (χ3v) is 5.74. The van der Waals surface area contributed by atoms with Crippen molar-refractivity contribution in [3.05, 3.63) is 72.2 Å². The van der Waals surface area contributed by atoms with Crippen LogP contribution in [0.5, 0.6) is 0 Å². The third-order valence-electron chi connectivity index (χ3n) is 5.74. The van der Waals surface area contributed by atoms with E-state index in [9.17, 15) is 13.2 Å².